The van der Waals surface area contributed by atoms with E-state index in [1.165, 1.54) is 0 Å². The molecule has 6 heteroatoms. The van der Waals surface area contributed by atoms with E-state index in [2.05, 4.69) is 10.1 Å². The fourth-order valence-electron chi connectivity index (χ4n) is 2.07. The van der Waals surface area contributed by atoms with Crippen LogP contribution < -0.4 is 10.6 Å². The second kappa shape index (κ2) is 5.01. The van der Waals surface area contributed by atoms with Crippen molar-refractivity contribution < 1.29 is 10.3 Å². The molecule has 92 valence electrons. The van der Waals surface area contributed by atoms with Gasteiger partial charge in [-0.25, -0.2) is 0 Å². The maximum atomic E-state index is 9.65. The molecular weight excluding hydrogens is 220 g/mol. The molecule has 1 saturated heterocycles. The van der Waals surface area contributed by atoms with Gasteiger partial charge in [0.05, 0.1) is 11.8 Å². The summed E-state index contributed by atoms with van der Waals surface area (Å²) in [6.07, 6.45) is 3.00. The number of β-amino-alcohol motifs (C(OH)–C–C–N with tert-alkyl or cyclic N) is 1. The molecule has 0 radical (unpaired) electrons. The molecule has 1 atom stereocenters. The van der Waals surface area contributed by atoms with Gasteiger partial charge >= 0.3 is 0 Å². The summed E-state index contributed by atoms with van der Waals surface area (Å²) >= 11 is 0. The van der Waals surface area contributed by atoms with Crippen LogP contribution in [0.2, 0.25) is 0 Å². The lowest BCUT2D eigenvalue weighted by molar-refractivity contribution is 0.154. The van der Waals surface area contributed by atoms with Crippen LogP contribution in [0.25, 0.3) is 0 Å². The summed E-state index contributed by atoms with van der Waals surface area (Å²) in [6.45, 7) is 1.39. The van der Waals surface area contributed by atoms with E-state index in [0.717, 1.165) is 25.1 Å². The van der Waals surface area contributed by atoms with Gasteiger partial charge < -0.3 is 20.9 Å². The number of nitrogens with two attached hydrogens (primary N) is 1. The van der Waals surface area contributed by atoms with E-state index in [4.69, 9.17) is 10.9 Å². The van der Waals surface area contributed by atoms with Crippen molar-refractivity contribution in [1.82, 2.24) is 4.98 Å². The van der Waals surface area contributed by atoms with E-state index in [9.17, 15) is 5.11 Å². The summed E-state index contributed by atoms with van der Waals surface area (Å²) < 4.78 is 0. The van der Waals surface area contributed by atoms with E-state index < -0.39 is 0 Å². The summed E-state index contributed by atoms with van der Waals surface area (Å²) in [5.74, 6) is -0.0133. The van der Waals surface area contributed by atoms with Crippen molar-refractivity contribution in [3.8, 4) is 0 Å². The first-order valence-electron chi connectivity index (χ1n) is 5.58. The average molecular weight is 236 g/mol. The number of hydrogen-bond acceptors (Lipinski definition) is 5. The van der Waals surface area contributed by atoms with Crippen LogP contribution in [0.15, 0.2) is 23.5 Å². The second-order valence-corrected chi connectivity index (χ2v) is 4.10. The zero-order chi connectivity index (χ0) is 12.3. The lowest BCUT2D eigenvalue weighted by atomic mass is 10.1. The Kier molecular flexibility index (Phi) is 3.43. The average Bonchev–Trinajstić information content (AvgIpc) is 2.38. The fraction of sp³-hybridized carbons (Fsp3) is 0.455. The van der Waals surface area contributed by atoms with Crippen LogP contribution in [-0.2, 0) is 0 Å². The molecule has 1 aromatic rings. The molecule has 0 aliphatic carbocycles. The third-order valence-electron chi connectivity index (χ3n) is 2.87. The molecule has 17 heavy (non-hydrogen) atoms. The Bertz CT molecular complexity index is 422. The largest absolute Gasteiger partial charge is 0.409 e. The van der Waals surface area contributed by atoms with Crippen LogP contribution >= 0.6 is 0 Å². The molecule has 0 bridgehead atoms. The normalized spacial score (nSPS) is 21.6. The van der Waals surface area contributed by atoms with Crippen molar-refractivity contribution in [1.29, 1.82) is 0 Å². The first-order valence-corrected chi connectivity index (χ1v) is 5.58. The molecule has 4 N–H and O–H groups in total. The summed E-state index contributed by atoms with van der Waals surface area (Å²) in [5.41, 5.74) is 6.83. The summed E-state index contributed by atoms with van der Waals surface area (Å²) in [7, 11) is 0. The van der Waals surface area contributed by atoms with E-state index in [-0.39, 0.29) is 11.9 Å². The van der Waals surface area contributed by atoms with Gasteiger partial charge in [-0.1, -0.05) is 5.16 Å². The number of anilines is 1. The van der Waals surface area contributed by atoms with E-state index in [1.807, 2.05) is 11.0 Å². The number of rotatable bonds is 2. The zero-order valence-corrected chi connectivity index (χ0v) is 9.45. The van der Waals surface area contributed by atoms with Gasteiger partial charge in [-0.2, -0.15) is 0 Å². The molecule has 0 aromatic carbocycles. The number of aliphatic hydroxyl groups is 1. The predicted octanol–water partition coefficient (Wildman–Crippen LogP) is 0.137. The van der Waals surface area contributed by atoms with Crippen molar-refractivity contribution >= 4 is 11.5 Å². The van der Waals surface area contributed by atoms with Gasteiger partial charge in [0, 0.05) is 19.3 Å². The van der Waals surface area contributed by atoms with Gasteiger partial charge in [0.2, 0.25) is 0 Å². The highest BCUT2D eigenvalue weighted by atomic mass is 16.4. The van der Waals surface area contributed by atoms with Crippen LogP contribution in [0.5, 0.6) is 0 Å². The van der Waals surface area contributed by atoms with Crippen molar-refractivity contribution in [2.75, 3.05) is 18.0 Å². The Morgan fingerprint density at radius 1 is 1.59 bits per heavy atom. The van der Waals surface area contributed by atoms with Crippen molar-refractivity contribution in [3.63, 3.8) is 0 Å². The smallest absolute Gasteiger partial charge is 0.190 e. The molecule has 1 unspecified atom stereocenters. The maximum Gasteiger partial charge on any atom is 0.190 e. The first kappa shape index (κ1) is 11.7. The molecule has 0 saturated carbocycles. The van der Waals surface area contributed by atoms with E-state index >= 15 is 0 Å². The number of nitrogens with zero attached hydrogens (tertiary/aromatic N) is 3. The Hall–Kier alpha value is -1.82. The number of piperidine rings is 1. The third kappa shape index (κ3) is 2.47. The maximum absolute atomic E-state index is 9.65. The highest BCUT2D eigenvalue weighted by Crippen LogP contribution is 2.22. The minimum absolute atomic E-state index is 0.0133. The lowest BCUT2D eigenvalue weighted by Crippen LogP contribution is -2.39. The molecule has 1 aliphatic rings. The van der Waals surface area contributed by atoms with Crippen molar-refractivity contribution in [2.24, 2.45) is 10.9 Å². The van der Waals surface area contributed by atoms with Crippen LogP contribution in [0, 0.1) is 0 Å². The Balaban J connectivity index is 2.31. The molecule has 6 nitrogen and oxygen atoms in total. The number of aliphatic hydroxyl groups excluding tert-OH is 1. The Morgan fingerprint density at radius 2 is 2.41 bits per heavy atom. The van der Waals surface area contributed by atoms with Crippen LogP contribution in [0.3, 0.4) is 0 Å². The van der Waals surface area contributed by atoms with E-state index in [0.29, 0.717) is 12.2 Å². The molecule has 1 aliphatic heterocycles. The van der Waals surface area contributed by atoms with Gasteiger partial charge in [-0.15, -0.1) is 0 Å². The molecule has 1 aromatic heterocycles. The van der Waals surface area contributed by atoms with Crippen molar-refractivity contribution in [2.45, 2.75) is 18.9 Å². The summed E-state index contributed by atoms with van der Waals surface area (Å²) in [4.78, 5) is 6.12. The van der Waals surface area contributed by atoms with Gasteiger partial charge in [0.1, 0.15) is 5.69 Å². The van der Waals surface area contributed by atoms with E-state index in [1.54, 1.807) is 12.3 Å². The number of amidine groups is 1. The summed E-state index contributed by atoms with van der Waals surface area (Å²) in [6, 6.07) is 3.66. The minimum atomic E-state index is -0.330. The van der Waals surface area contributed by atoms with Crippen LogP contribution in [0.1, 0.15) is 18.5 Å². The number of oxime groups is 1. The topological polar surface area (TPSA) is 95.0 Å². The molecular formula is C11H16N4O2. The quantitative estimate of drug-likeness (QED) is 0.294. The van der Waals surface area contributed by atoms with Crippen LogP contribution in [0.4, 0.5) is 5.69 Å². The monoisotopic (exact) mass is 236 g/mol. The Morgan fingerprint density at radius 3 is 3.12 bits per heavy atom. The molecule has 1 fully saturated rings. The molecule has 0 amide bonds. The number of pyridine rings is 1. The highest BCUT2D eigenvalue weighted by Gasteiger charge is 2.21. The minimum Gasteiger partial charge on any atom is -0.409 e. The standard InChI is InChI=1S/C11H16N4O2/c12-11(14-17)10-9(4-1-5-13-10)15-6-2-3-8(16)7-15/h1,4-5,8,16-17H,2-3,6-7H2,(H2,12,14). The van der Waals surface area contributed by atoms with Gasteiger partial charge in [-0.3, -0.25) is 4.98 Å². The molecule has 0 spiro atoms. The number of aromatic nitrogens is 1. The second-order valence-electron chi connectivity index (χ2n) is 4.10. The summed E-state index contributed by atoms with van der Waals surface area (Å²) in [5, 5.41) is 21.3. The zero-order valence-electron chi connectivity index (χ0n) is 9.45. The van der Waals surface area contributed by atoms with Gasteiger partial charge in [0.25, 0.3) is 0 Å². The van der Waals surface area contributed by atoms with Crippen molar-refractivity contribution in [3.05, 3.63) is 24.0 Å². The molecule has 2 heterocycles. The van der Waals surface area contributed by atoms with Gasteiger partial charge in [-0.05, 0) is 25.0 Å². The fourth-order valence-corrected chi connectivity index (χ4v) is 2.07. The Labute approximate surface area is 99.4 Å². The van der Waals surface area contributed by atoms with Crippen LogP contribution in [-0.4, -0.2) is 40.3 Å². The SMILES string of the molecule is N/C(=N/O)c1ncccc1N1CCCC(O)C1. The molecule has 2 rings (SSSR count). The first-order chi connectivity index (χ1) is 8.22. The highest BCUT2D eigenvalue weighted by molar-refractivity contribution is 6.00. The third-order valence-corrected chi connectivity index (χ3v) is 2.87. The van der Waals surface area contributed by atoms with Gasteiger partial charge in [0.15, 0.2) is 5.84 Å². The predicted molar refractivity (Wildman–Crippen MR) is 64.2 cm³/mol. The lowest BCUT2D eigenvalue weighted by Gasteiger charge is -2.32. The number of hydrogen-bond donors (Lipinski definition) is 3.